The third-order valence-electron chi connectivity index (χ3n) is 14.3. The van der Waals surface area contributed by atoms with Crippen LogP contribution in [-0.2, 0) is 55.0 Å². The lowest BCUT2D eigenvalue weighted by Crippen LogP contribution is -2.50. The normalized spacial score (nSPS) is 15.8. The van der Waals surface area contributed by atoms with Gasteiger partial charge in [0, 0.05) is 118 Å². The minimum Gasteiger partial charge on any atom is -0.508 e. The topological polar surface area (TPSA) is 330 Å². The van der Waals surface area contributed by atoms with Crippen molar-refractivity contribution in [3.05, 3.63) is 76.9 Å². The van der Waals surface area contributed by atoms with Gasteiger partial charge < -0.3 is 55.8 Å². The molecule has 3 aromatic rings. The molecule has 0 saturated carbocycles. The Labute approximate surface area is 479 Å². The van der Waals surface area contributed by atoms with Crippen molar-refractivity contribution >= 4 is 69.9 Å². The van der Waals surface area contributed by atoms with Crippen LogP contribution in [0, 0.1) is 0 Å². The van der Waals surface area contributed by atoms with Crippen molar-refractivity contribution in [1.29, 1.82) is 0 Å². The number of carboxylic acids is 3. The standard InChI is InChI=1S/C57H75N9O15S/c67-31-11-7-5-3-1-2-4-6-9-20-59-55(78)47(62-50(70)19-22-58-51(71)35-63-23-25-64(36-52(72)73)27-29-66(38-54(76)77)30-28-65(26-24-63)37-53(74)75)12-8-10-21-61-82-39-60-40-13-16-44-43(32-40)56(79)81-57(44)45-17-14-41(68)33-48(45)80-49-34-42(69)15-18-46(49)57/h13-18,31-34,47,68-69H,1-12,19-30,35-38H2,(H,58,71)(H,59,78)(H,62,70)(H,72,73)(H,74,75)(H,76,77). The third-order valence-corrected chi connectivity index (χ3v) is 14.8. The number of phenols is 2. The predicted octanol–water partition coefficient (Wildman–Crippen LogP) is 3.93. The number of esters is 1. The minimum absolute atomic E-state index is 0.0409. The van der Waals surface area contributed by atoms with E-state index in [9.17, 15) is 63.9 Å². The number of phenolic OH excluding ortho intramolecular Hbond substituents is 2. The van der Waals surface area contributed by atoms with Crippen LogP contribution in [0.3, 0.4) is 0 Å². The summed E-state index contributed by atoms with van der Waals surface area (Å²) in [4.78, 5) is 110. The van der Waals surface area contributed by atoms with Crippen molar-refractivity contribution in [2.45, 2.75) is 95.1 Å². The molecule has 0 aliphatic carbocycles. The van der Waals surface area contributed by atoms with Crippen LogP contribution in [0.15, 0.2) is 64.0 Å². The van der Waals surface area contributed by atoms with E-state index >= 15 is 0 Å². The largest absolute Gasteiger partial charge is 0.508 e. The van der Waals surface area contributed by atoms with Crippen LogP contribution >= 0.6 is 0 Å². The van der Waals surface area contributed by atoms with Crippen molar-refractivity contribution in [2.75, 3.05) is 98.2 Å². The molecule has 1 saturated heterocycles. The maximum Gasteiger partial charge on any atom is 0.340 e. The summed E-state index contributed by atoms with van der Waals surface area (Å²) in [5.41, 5.74) is 0.808. The van der Waals surface area contributed by atoms with Gasteiger partial charge in [-0.25, -0.2) is 9.16 Å². The second kappa shape index (κ2) is 32.8. The Morgan fingerprint density at radius 2 is 1.16 bits per heavy atom. The fourth-order valence-electron chi connectivity index (χ4n) is 10.1. The van der Waals surface area contributed by atoms with Gasteiger partial charge in [-0.05, 0) is 68.5 Å². The van der Waals surface area contributed by atoms with Crippen molar-refractivity contribution in [2.24, 2.45) is 9.36 Å². The van der Waals surface area contributed by atoms with E-state index in [1.807, 2.05) is 0 Å². The zero-order chi connectivity index (χ0) is 58.9. The number of aliphatic carboxylic acids is 3. The molecule has 24 nitrogen and oxygen atoms in total. The first-order valence-electron chi connectivity index (χ1n) is 27.9. The summed E-state index contributed by atoms with van der Waals surface area (Å²) in [6.45, 7) is 1.67. The third kappa shape index (κ3) is 19.9. The van der Waals surface area contributed by atoms with Gasteiger partial charge in [-0.1, -0.05) is 44.6 Å². The number of carboxylic acid groups (broad SMARTS) is 3. The van der Waals surface area contributed by atoms with E-state index in [2.05, 4.69) is 30.5 Å². The van der Waals surface area contributed by atoms with Gasteiger partial charge in [-0.15, -0.1) is 0 Å². The van der Waals surface area contributed by atoms with Crippen LogP contribution < -0.4 is 20.7 Å². The minimum atomic E-state index is -1.41. The monoisotopic (exact) mass is 1160 g/mol. The number of benzene rings is 3. The molecule has 1 atom stereocenters. The van der Waals surface area contributed by atoms with E-state index in [0.29, 0.717) is 61.2 Å². The highest BCUT2D eigenvalue weighted by molar-refractivity contribution is 7.66. The Hall–Kier alpha value is -7.54. The number of rotatable bonds is 30. The second-order valence-corrected chi connectivity index (χ2v) is 21.1. The molecule has 25 heteroatoms. The quantitative estimate of drug-likeness (QED) is 0.0154. The summed E-state index contributed by atoms with van der Waals surface area (Å²) in [5.74, 6) is -4.56. The molecule has 82 heavy (non-hydrogen) atoms. The Kier molecular flexibility index (Phi) is 25.4. The van der Waals surface area contributed by atoms with Crippen LogP contribution in [0.5, 0.6) is 23.0 Å². The summed E-state index contributed by atoms with van der Waals surface area (Å²) in [5, 5.41) is 60.4. The average Bonchev–Trinajstić information content (AvgIpc) is 1.69. The molecule has 8 N–H and O–H groups in total. The van der Waals surface area contributed by atoms with Gasteiger partial charge in [-0.2, -0.15) is 4.99 Å². The molecule has 0 aromatic heterocycles. The first-order valence-corrected chi connectivity index (χ1v) is 28.7. The van der Waals surface area contributed by atoms with E-state index in [0.717, 1.165) is 68.8 Å². The summed E-state index contributed by atoms with van der Waals surface area (Å²) in [6.07, 6.45) is 10.7. The van der Waals surface area contributed by atoms with Crippen molar-refractivity contribution < 1.29 is 73.4 Å². The second-order valence-electron chi connectivity index (χ2n) is 20.5. The Balaban J connectivity index is 1.02. The molecule has 0 bridgehead atoms. The molecular formula is C57H75N9O15S. The highest BCUT2D eigenvalue weighted by atomic mass is 32.1. The molecule has 3 aromatic carbocycles. The molecule has 0 radical (unpaired) electrons. The van der Waals surface area contributed by atoms with Gasteiger partial charge in [-0.3, -0.25) is 48.4 Å². The van der Waals surface area contributed by atoms with Crippen LogP contribution in [-0.4, -0.2) is 202 Å². The lowest BCUT2D eigenvalue weighted by atomic mass is 9.77. The maximum absolute atomic E-state index is 13.5. The van der Waals surface area contributed by atoms with Crippen molar-refractivity contribution in [3.8, 4) is 23.0 Å². The summed E-state index contributed by atoms with van der Waals surface area (Å²) in [6, 6.07) is 13.2. The van der Waals surface area contributed by atoms with E-state index in [1.54, 1.807) is 49.9 Å². The van der Waals surface area contributed by atoms with Crippen LogP contribution in [0.25, 0.3) is 0 Å². The highest BCUT2D eigenvalue weighted by Gasteiger charge is 2.53. The number of amides is 3. The van der Waals surface area contributed by atoms with E-state index in [1.165, 1.54) is 24.3 Å². The molecule has 1 spiro atoms. The molecule has 3 aliphatic heterocycles. The van der Waals surface area contributed by atoms with Gasteiger partial charge in [0.25, 0.3) is 0 Å². The highest BCUT2D eigenvalue weighted by Crippen LogP contribution is 2.57. The first-order chi connectivity index (χ1) is 39.5. The molecule has 444 valence electrons. The van der Waals surface area contributed by atoms with Gasteiger partial charge in [0.15, 0.2) is 5.60 Å². The molecule has 3 aliphatic rings. The summed E-state index contributed by atoms with van der Waals surface area (Å²) >= 11 is 0.986. The molecule has 3 amide bonds. The fourth-order valence-corrected chi connectivity index (χ4v) is 10.5. The Morgan fingerprint density at radius 3 is 1.71 bits per heavy atom. The van der Waals surface area contributed by atoms with E-state index in [4.69, 9.17) is 9.47 Å². The molecule has 6 rings (SSSR count). The molecule has 3 heterocycles. The molecular weight excluding hydrogens is 1080 g/mol. The van der Waals surface area contributed by atoms with Gasteiger partial charge >= 0.3 is 23.9 Å². The molecule has 1 fully saturated rings. The summed E-state index contributed by atoms with van der Waals surface area (Å²) < 4.78 is 16.6. The van der Waals surface area contributed by atoms with Crippen LogP contribution in [0.1, 0.15) is 111 Å². The lowest BCUT2D eigenvalue weighted by molar-refractivity contribution is -0.140. The van der Waals surface area contributed by atoms with Gasteiger partial charge in [0.05, 0.1) is 49.1 Å². The average molecular weight is 1160 g/mol. The number of aliphatic imine (C=N–C) groups is 1. The number of isothiocyanates is 1. The zero-order valence-electron chi connectivity index (χ0n) is 46.1. The molecule has 1 unspecified atom stereocenters. The number of carbonyl (C=O) groups is 8. The smallest absolute Gasteiger partial charge is 0.340 e. The number of hydrogen-bond acceptors (Lipinski definition) is 18. The van der Waals surface area contributed by atoms with Gasteiger partial charge in [0.2, 0.25) is 17.7 Å². The van der Waals surface area contributed by atoms with Crippen LogP contribution in [0.2, 0.25) is 0 Å². The maximum atomic E-state index is 13.5. The number of aromatic hydroxyl groups is 2. The number of ether oxygens (including phenoxy) is 2. The number of aldehydes is 1. The fraction of sp³-hybridized carbons (Fsp3) is 0.526. The van der Waals surface area contributed by atoms with Gasteiger partial charge in [0.1, 0.15) is 35.3 Å². The number of hydrogen-bond donors (Lipinski definition) is 8. The van der Waals surface area contributed by atoms with Crippen LogP contribution in [0.4, 0.5) is 5.69 Å². The first kappa shape index (κ1) is 63.6. The summed E-state index contributed by atoms with van der Waals surface area (Å²) in [7, 11) is 0. The van der Waals surface area contributed by atoms with E-state index in [-0.39, 0.29) is 126 Å². The number of nitrogens with one attached hydrogen (secondary N) is 3. The number of fused-ring (bicyclic) bond motifs is 6. The predicted molar refractivity (Wildman–Crippen MR) is 302 cm³/mol. The number of unbranched alkanes of at least 4 members (excludes halogenated alkanes) is 9. The Bertz CT molecular complexity index is 2760. The van der Waals surface area contributed by atoms with E-state index < -0.39 is 47.3 Å². The van der Waals surface area contributed by atoms with Crippen molar-refractivity contribution in [1.82, 2.24) is 35.6 Å². The Morgan fingerprint density at radius 1 is 0.634 bits per heavy atom. The SMILES string of the molecule is O=CCCCCCCCCCCNC(=O)C(CCCCN=S=C=Nc1ccc2c(c1)C(=O)OC21c2ccc(O)cc2Oc2cc(O)ccc21)NC(=O)CCNC(=O)CN1CCN(CC(=O)O)CCN(CC(=O)O)CCN(CC(=O)O)CC1. The lowest BCUT2D eigenvalue weighted by Gasteiger charge is -2.36. The number of nitrogens with zero attached hydrogens (tertiary/aromatic N) is 6. The van der Waals surface area contributed by atoms with Crippen molar-refractivity contribution in [3.63, 3.8) is 0 Å². The zero-order valence-corrected chi connectivity index (χ0v) is 46.9. The number of carbonyl (C=O) groups excluding carboxylic acids is 5.